The van der Waals surface area contributed by atoms with Crippen LogP contribution in [0.3, 0.4) is 0 Å². The maximum Gasteiger partial charge on any atom is 0.112 e. The lowest BCUT2D eigenvalue weighted by molar-refractivity contribution is 1.07. The molecule has 0 aliphatic carbocycles. The number of anilines is 1. The van der Waals surface area contributed by atoms with Crippen molar-refractivity contribution in [2.75, 3.05) is 5.32 Å². The van der Waals surface area contributed by atoms with Gasteiger partial charge in [0.15, 0.2) is 0 Å². The predicted molar refractivity (Wildman–Crippen MR) is 77.8 cm³/mol. The molecule has 0 aliphatic heterocycles. The number of halogens is 1. The van der Waals surface area contributed by atoms with Crippen LogP contribution in [0.1, 0.15) is 21.1 Å². The molecule has 0 saturated heterocycles. The Bertz CT molecular complexity index is 515. The van der Waals surface area contributed by atoms with Crippen molar-refractivity contribution in [3.05, 3.63) is 43.8 Å². The molecule has 90 valence electrons. The van der Waals surface area contributed by atoms with Gasteiger partial charge in [0.25, 0.3) is 0 Å². The van der Waals surface area contributed by atoms with Gasteiger partial charge < -0.3 is 5.32 Å². The first kappa shape index (κ1) is 12.6. The van der Waals surface area contributed by atoms with Crippen molar-refractivity contribution in [2.45, 2.75) is 27.3 Å². The Labute approximate surface area is 114 Å². The average molecular weight is 311 g/mol. The molecule has 2 rings (SSSR count). The largest absolute Gasteiger partial charge is 0.378 e. The lowest BCUT2D eigenvalue weighted by atomic mass is 10.2. The van der Waals surface area contributed by atoms with Gasteiger partial charge in [-0.3, -0.25) is 0 Å². The minimum atomic E-state index is 0.788. The first-order valence-electron chi connectivity index (χ1n) is 5.49. The number of hydrogen-bond donors (Lipinski definition) is 1. The van der Waals surface area contributed by atoms with Crippen LogP contribution in [0.2, 0.25) is 0 Å². The van der Waals surface area contributed by atoms with Crippen LogP contribution < -0.4 is 5.32 Å². The molecule has 0 atom stereocenters. The number of nitrogens with one attached hydrogen (secondary N) is 1. The van der Waals surface area contributed by atoms with E-state index in [-0.39, 0.29) is 0 Å². The molecule has 4 heteroatoms. The van der Waals surface area contributed by atoms with Crippen molar-refractivity contribution in [2.24, 2.45) is 0 Å². The molecule has 2 aromatic rings. The van der Waals surface area contributed by atoms with Gasteiger partial charge in [0.05, 0.1) is 12.2 Å². The summed E-state index contributed by atoms with van der Waals surface area (Å²) in [6.07, 6.45) is 0. The van der Waals surface area contributed by atoms with E-state index < -0.39 is 0 Å². The van der Waals surface area contributed by atoms with E-state index in [1.54, 1.807) is 11.3 Å². The molecule has 0 amide bonds. The fourth-order valence-corrected chi connectivity index (χ4v) is 2.81. The van der Waals surface area contributed by atoms with Crippen molar-refractivity contribution >= 4 is 33.0 Å². The lowest BCUT2D eigenvalue weighted by Gasteiger charge is -2.08. The molecule has 1 aromatic carbocycles. The molecule has 0 bridgehead atoms. The summed E-state index contributed by atoms with van der Waals surface area (Å²) in [6, 6.07) is 6.26. The minimum Gasteiger partial charge on any atom is -0.378 e. The Morgan fingerprint density at radius 2 is 2.06 bits per heavy atom. The molecule has 1 aromatic heterocycles. The highest BCUT2D eigenvalue weighted by Crippen LogP contribution is 2.22. The lowest BCUT2D eigenvalue weighted by Crippen LogP contribution is -2.00. The van der Waals surface area contributed by atoms with Gasteiger partial charge in [0.2, 0.25) is 0 Å². The van der Waals surface area contributed by atoms with E-state index in [0.29, 0.717) is 0 Å². The summed E-state index contributed by atoms with van der Waals surface area (Å²) >= 11 is 5.24. The quantitative estimate of drug-likeness (QED) is 0.906. The minimum absolute atomic E-state index is 0.788. The normalized spacial score (nSPS) is 10.6. The first-order chi connectivity index (χ1) is 8.06. The second-order valence-corrected chi connectivity index (χ2v) is 6.27. The van der Waals surface area contributed by atoms with E-state index in [2.05, 4.69) is 65.2 Å². The summed E-state index contributed by atoms with van der Waals surface area (Å²) < 4.78 is 1.09. The van der Waals surface area contributed by atoms with Crippen molar-refractivity contribution in [1.82, 2.24) is 4.98 Å². The van der Waals surface area contributed by atoms with Gasteiger partial charge >= 0.3 is 0 Å². The Morgan fingerprint density at radius 1 is 1.29 bits per heavy atom. The van der Waals surface area contributed by atoms with E-state index in [0.717, 1.165) is 27.4 Å². The van der Waals surface area contributed by atoms with Gasteiger partial charge in [-0.15, -0.1) is 11.3 Å². The molecular formula is C13H15BrN2S. The van der Waals surface area contributed by atoms with Gasteiger partial charge in [0, 0.05) is 15.0 Å². The van der Waals surface area contributed by atoms with E-state index >= 15 is 0 Å². The summed E-state index contributed by atoms with van der Waals surface area (Å²) in [5, 5.41) is 4.57. The second-order valence-electron chi connectivity index (χ2n) is 4.06. The molecule has 0 fully saturated rings. The molecule has 0 saturated carbocycles. The average Bonchev–Trinajstić information content (AvgIpc) is 2.60. The number of thiazole rings is 1. The third-order valence-electron chi connectivity index (χ3n) is 2.70. The third kappa shape index (κ3) is 3.07. The first-order valence-corrected chi connectivity index (χ1v) is 7.10. The zero-order valence-corrected chi connectivity index (χ0v) is 12.6. The fourth-order valence-electron chi connectivity index (χ4n) is 1.57. The van der Waals surface area contributed by atoms with Crippen LogP contribution in [0.25, 0.3) is 0 Å². The zero-order chi connectivity index (χ0) is 12.4. The topological polar surface area (TPSA) is 24.9 Å². The smallest absolute Gasteiger partial charge is 0.112 e. The molecule has 1 N–H and O–H groups in total. The van der Waals surface area contributed by atoms with Crippen LogP contribution in [0.4, 0.5) is 5.69 Å². The van der Waals surface area contributed by atoms with Gasteiger partial charge in [-0.2, -0.15) is 0 Å². The summed E-state index contributed by atoms with van der Waals surface area (Å²) in [4.78, 5) is 5.82. The Morgan fingerprint density at radius 3 is 2.71 bits per heavy atom. The monoisotopic (exact) mass is 310 g/mol. The molecule has 0 aliphatic rings. The van der Waals surface area contributed by atoms with Crippen LogP contribution >= 0.6 is 27.3 Å². The predicted octanol–water partition coefficient (Wildman–Crippen LogP) is 4.44. The number of benzene rings is 1. The summed E-state index contributed by atoms with van der Waals surface area (Å²) in [5.74, 6) is 0. The molecule has 1 heterocycles. The number of rotatable bonds is 3. The van der Waals surface area contributed by atoms with Crippen molar-refractivity contribution in [3.8, 4) is 0 Å². The van der Waals surface area contributed by atoms with Gasteiger partial charge in [-0.05, 0) is 38.5 Å². The maximum absolute atomic E-state index is 4.52. The van der Waals surface area contributed by atoms with Crippen molar-refractivity contribution in [3.63, 3.8) is 0 Å². The maximum atomic E-state index is 4.52. The SMILES string of the molecule is Cc1ccc(Br)cc1NCc1nc(C)c(C)s1. The van der Waals surface area contributed by atoms with Crippen molar-refractivity contribution < 1.29 is 0 Å². The van der Waals surface area contributed by atoms with E-state index in [4.69, 9.17) is 0 Å². The van der Waals surface area contributed by atoms with Crippen LogP contribution in [-0.2, 0) is 6.54 Å². The molecule has 2 nitrogen and oxygen atoms in total. The van der Waals surface area contributed by atoms with Gasteiger partial charge in [-0.1, -0.05) is 22.0 Å². The van der Waals surface area contributed by atoms with Gasteiger partial charge in [0.1, 0.15) is 5.01 Å². The van der Waals surface area contributed by atoms with Crippen molar-refractivity contribution in [1.29, 1.82) is 0 Å². The molecule has 0 spiro atoms. The highest BCUT2D eigenvalue weighted by molar-refractivity contribution is 9.10. The van der Waals surface area contributed by atoms with E-state index in [1.807, 2.05) is 0 Å². The number of aromatic nitrogens is 1. The fraction of sp³-hybridized carbons (Fsp3) is 0.308. The number of aryl methyl sites for hydroxylation is 3. The zero-order valence-electron chi connectivity index (χ0n) is 10.2. The standard InChI is InChI=1S/C13H15BrN2S/c1-8-4-5-11(14)6-12(8)15-7-13-16-9(2)10(3)17-13/h4-6,15H,7H2,1-3H3. The van der Waals surface area contributed by atoms with Crippen LogP contribution in [0, 0.1) is 20.8 Å². The van der Waals surface area contributed by atoms with E-state index in [1.165, 1.54) is 10.4 Å². The molecule has 0 radical (unpaired) electrons. The van der Waals surface area contributed by atoms with Crippen LogP contribution in [0.15, 0.2) is 22.7 Å². The second kappa shape index (κ2) is 5.19. The van der Waals surface area contributed by atoms with Crippen LogP contribution in [0.5, 0.6) is 0 Å². The molecular weight excluding hydrogens is 296 g/mol. The highest BCUT2D eigenvalue weighted by atomic mass is 79.9. The number of nitrogens with zero attached hydrogens (tertiary/aromatic N) is 1. The van der Waals surface area contributed by atoms with E-state index in [9.17, 15) is 0 Å². The third-order valence-corrected chi connectivity index (χ3v) is 4.27. The Balaban J connectivity index is 2.09. The number of hydrogen-bond acceptors (Lipinski definition) is 3. The highest BCUT2D eigenvalue weighted by Gasteiger charge is 2.04. The molecule has 17 heavy (non-hydrogen) atoms. The summed E-state index contributed by atoms with van der Waals surface area (Å²) in [7, 11) is 0. The van der Waals surface area contributed by atoms with Crippen LogP contribution in [-0.4, -0.2) is 4.98 Å². The Hall–Kier alpha value is -0.870. The summed E-state index contributed by atoms with van der Waals surface area (Å²) in [6.45, 7) is 7.06. The Kier molecular flexibility index (Phi) is 3.84. The molecule has 0 unspecified atom stereocenters. The summed E-state index contributed by atoms with van der Waals surface area (Å²) in [5.41, 5.74) is 3.54. The van der Waals surface area contributed by atoms with Gasteiger partial charge in [-0.25, -0.2) is 4.98 Å².